The van der Waals surface area contributed by atoms with Crippen LogP contribution >= 0.6 is 15.9 Å². The number of nitro groups is 1. The first-order valence-electron chi connectivity index (χ1n) is 3.16. The maximum Gasteiger partial charge on any atom is 0.273 e. The standard InChI is InChI=1S/C7H6BrNO3/c1-4-2-5(9(11)12)3-6(10)7(4)8/h2-3,10H,1H3. The molecule has 5 heteroatoms. The number of phenolic OH excluding ortho intramolecular Hbond substituents is 1. The summed E-state index contributed by atoms with van der Waals surface area (Å²) in [5.74, 6) is -0.110. The number of nitro benzene ring substituents is 1. The molecule has 1 N–H and O–H groups in total. The van der Waals surface area contributed by atoms with Gasteiger partial charge >= 0.3 is 0 Å². The fraction of sp³-hybridized carbons (Fsp3) is 0.143. The van der Waals surface area contributed by atoms with Gasteiger partial charge in [-0.25, -0.2) is 0 Å². The third-order valence-electron chi connectivity index (χ3n) is 1.43. The van der Waals surface area contributed by atoms with Gasteiger partial charge in [0.2, 0.25) is 0 Å². The van der Waals surface area contributed by atoms with Gasteiger partial charge in [-0.2, -0.15) is 0 Å². The van der Waals surface area contributed by atoms with Crippen molar-refractivity contribution in [2.24, 2.45) is 0 Å². The highest BCUT2D eigenvalue weighted by Gasteiger charge is 2.11. The van der Waals surface area contributed by atoms with Crippen LogP contribution in [0.2, 0.25) is 0 Å². The summed E-state index contributed by atoms with van der Waals surface area (Å²) in [5, 5.41) is 19.5. The van der Waals surface area contributed by atoms with Crippen LogP contribution in [0.1, 0.15) is 5.56 Å². The van der Waals surface area contributed by atoms with Crippen molar-refractivity contribution in [1.82, 2.24) is 0 Å². The van der Waals surface area contributed by atoms with Crippen molar-refractivity contribution < 1.29 is 10.0 Å². The van der Waals surface area contributed by atoms with Crippen molar-refractivity contribution in [3.63, 3.8) is 0 Å². The Morgan fingerprint density at radius 2 is 2.17 bits per heavy atom. The Labute approximate surface area is 77.1 Å². The number of phenols is 1. The van der Waals surface area contributed by atoms with Crippen LogP contribution < -0.4 is 0 Å². The van der Waals surface area contributed by atoms with Crippen molar-refractivity contribution in [2.45, 2.75) is 6.92 Å². The monoisotopic (exact) mass is 231 g/mol. The lowest BCUT2D eigenvalue weighted by molar-refractivity contribution is -0.385. The van der Waals surface area contributed by atoms with Crippen LogP contribution in [0.25, 0.3) is 0 Å². The molecule has 1 aromatic rings. The Hall–Kier alpha value is -1.10. The van der Waals surface area contributed by atoms with Crippen molar-refractivity contribution in [2.75, 3.05) is 0 Å². The molecule has 0 fully saturated rings. The number of aromatic hydroxyl groups is 1. The summed E-state index contributed by atoms with van der Waals surface area (Å²) in [4.78, 5) is 9.75. The maximum absolute atomic E-state index is 10.3. The molecular formula is C7H6BrNO3. The summed E-state index contributed by atoms with van der Waals surface area (Å²) in [7, 11) is 0. The van der Waals surface area contributed by atoms with Crippen molar-refractivity contribution in [3.8, 4) is 5.75 Å². The van der Waals surface area contributed by atoms with E-state index in [0.717, 1.165) is 6.07 Å². The van der Waals surface area contributed by atoms with E-state index in [-0.39, 0.29) is 11.4 Å². The molecule has 0 spiro atoms. The first kappa shape index (κ1) is 8.99. The Bertz CT molecular complexity index is 314. The lowest BCUT2D eigenvalue weighted by Gasteiger charge is -2.00. The lowest BCUT2D eigenvalue weighted by Crippen LogP contribution is -1.89. The van der Waals surface area contributed by atoms with Crippen LogP contribution in [0, 0.1) is 17.0 Å². The molecule has 0 heterocycles. The van der Waals surface area contributed by atoms with Gasteiger partial charge in [-0.15, -0.1) is 0 Å². The van der Waals surface area contributed by atoms with Crippen molar-refractivity contribution >= 4 is 21.6 Å². The second-order valence-electron chi connectivity index (χ2n) is 2.35. The fourth-order valence-electron chi connectivity index (χ4n) is 0.838. The number of rotatable bonds is 1. The van der Waals surface area contributed by atoms with Gasteiger partial charge in [0.25, 0.3) is 5.69 Å². The van der Waals surface area contributed by atoms with E-state index < -0.39 is 4.92 Å². The van der Waals surface area contributed by atoms with E-state index in [1.54, 1.807) is 6.92 Å². The molecule has 12 heavy (non-hydrogen) atoms. The average molecular weight is 232 g/mol. The topological polar surface area (TPSA) is 63.4 Å². The molecule has 0 bridgehead atoms. The van der Waals surface area contributed by atoms with Gasteiger partial charge in [0.05, 0.1) is 15.5 Å². The van der Waals surface area contributed by atoms with Crippen LogP contribution in [-0.2, 0) is 0 Å². The Morgan fingerprint density at radius 3 is 2.58 bits per heavy atom. The smallest absolute Gasteiger partial charge is 0.273 e. The van der Waals surface area contributed by atoms with Gasteiger partial charge in [0.15, 0.2) is 0 Å². The molecule has 4 nitrogen and oxygen atoms in total. The highest BCUT2D eigenvalue weighted by atomic mass is 79.9. The molecule has 0 atom stereocenters. The predicted molar refractivity (Wildman–Crippen MR) is 47.2 cm³/mol. The van der Waals surface area contributed by atoms with Crippen molar-refractivity contribution in [3.05, 3.63) is 32.3 Å². The van der Waals surface area contributed by atoms with E-state index in [2.05, 4.69) is 15.9 Å². The maximum atomic E-state index is 10.3. The zero-order chi connectivity index (χ0) is 9.30. The molecule has 0 radical (unpaired) electrons. The summed E-state index contributed by atoms with van der Waals surface area (Å²) in [5.41, 5.74) is 0.537. The second kappa shape index (κ2) is 3.10. The molecule has 0 aliphatic rings. The Kier molecular flexibility index (Phi) is 2.32. The molecule has 0 unspecified atom stereocenters. The molecule has 0 amide bonds. The summed E-state index contributed by atoms with van der Waals surface area (Å²) in [6, 6.07) is 2.50. The number of non-ortho nitro benzene ring substituents is 1. The van der Waals surface area contributed by atoms with Gasteiger partial charge in [0, 0.05) is 6.07 Å². The van der Waals surface area contributed by atoms with Crippen LogP contribution in [0.15, 0.2) is 16.6 Å². The lowest BCUT2D eigenvalue weighted by atomic mass is 10.2. The van der Waals surface area contributed by atoms with E-state index in [0.29, 0.717) is 10.0 Å². The highest BCUT2D eigenvalue weighted by Crippen LogP contribution is 2.31. The van der Waals surface area contributed by atoms with Crippen LogP contribution in [-0.4, -0.2) is 10.0 Å². The molecule has 0 aliphatic carbocycles. The van der Waals surface area contributed by atoms with Gasteiger partial charge in [-0.3, -0.25) is 10.1 Å². The van der Waals surface area contributed by atoms with Gasteiger partial charge in [-0.05, 0) is 28.4 Å². The van der Waals surface area contributed by atoms with E-state index >= 15 is 0 Å². The number of benzene rings is 1. The predicted octanol–water partition coefficient (Wildman–Crippen LogP) is 2.37. The Balaban J connectivity index is 3.31. The first-order chi connectivity index (χ1) is 5.52. The minimum absolute atomic E-state index is 0.104. The van der Waals surface area contributed by atoms with Gasteiger partial charge in [-0.1, -0.05) is 0 Å². The molecule has 1 rings (SSSR count). The highest BCUT2D eigenvalue weighted by molar-refractivity contribution is 9.10. The molecule has 0 aliphatic heterocycles. The molecule has 1 aromatic carbocycles. The summed E-state index contributed by atoms with van der Waals surface area (Å²) in [6.07, 6.45) is 0. The molecule has 0 aromatic heterocycles. The van der Waals surface area contributed by atoms with Gasteiger partial charge < -0.3 is 5.11 Å². The second-order valence-corrected chi connectivity index (χ2v) is 3.15. The third kappa shape index (κ3) is 1.55. The minimum Gasteiger partial charge on any atom is -0.506 e. The number of aryl methyl sites for hydroxylation is 1. The van der Waals surface area contributed by atoms with Crippen LogP contribution in [0.3, 0.4) is 0 Å². The minimum atomic E-state index is -0.542. The summed E-state index contributed by atoms with van der Waals surface area (Å²) >= 11 is 3.09. The Morgan fingerprint density at radius 1 is 1.58 bits per heavy atom. The molecule has 0 saturated heterocycles. The largest absolute Gasteiger partial charge is 0.506 e. The van der Waals surface area contributed by atoms with E-state index in [1.807, 2.05) is 0 Å². The number of hydrogen-bond acceptors (Lipinski definition) is 3. The van der Waals surface area contributed by atoms with E-state index in [9.17, 15) is 15.2 Å². The molecular weight excluding hydrogens is 226 g/mol. The number of halogens is 1. The average Bonchev–Trinajstić information content (AvgIpc) is 1.99. The quantitative estimate of drug-likeness (QED) is 0.597. The zero-order valence-electron chi connectivity index (χ0n) is 6.24. The van der Waals surface area contributed by atoms with Crippen LogP contribution in [0.5, 0.6) is 5.75 Å². The SMILES string of the molecule is Cc1cc([N+](=O)[O-])cc(O)c1Br. The first-order valence-corrected chi connectivity index (χ1v) is 3.95. The summed E-state index contributed by atoms with van der Waals surface area (Å²) in [6.45, 7) is 1.68. The van der Waals surface area contributed by atoms with Gasteiger partial charge in [0.1, 0.15) is 5.75 Å². The van der Waals surface area contributed by atoms with Crippen molar-refractivity contribution in [1.29, 1.82) is 0 Å². The number of hydrogen-bond donors (Lipinski definition) is 1. The third-order valence-corrected chi connectivity index (χ3v) is 2.46. The van der Waals surface area contributed by atoms with E-state index in [4.69, 9.17) is 0 Å². The normalized spacial score (nSPS) is 9.83. The zero-order valence-corrected chi connectivity index (χ0v) is 7.83. The van der Waals surface area contributed by atoms with E-state index in [1.165, 1.54) is 6.07 Å². The fourth-order valence-corrected chi connectivity index (χ4v) is 1.07. The molecule has 0 saturated carbocycles. The summed E-state index contributed by atoms with van der Waals surface area (Å²) < 4.78 is 0.494. The van der Waals surface area contributed by atoms with Crippen LogP contribution in [0.4, 0.5) is 5.69 Å². The molecule has 64 valence electrons. The number of nitrogens with zero attached hydrogens (tertiary/aromatic N) is 1.